The summed E-state index contributed by atoms with van der Waals surface area (Å²) in [6.45, 7) is 5.73. The molecule has 94 valence electrons. The molecule has 1 aromatic carbocycles. The van der Waals surface area contributed by atoms with Crippen molar-refractivity contribution in [2.45, 2.75) is 27.2 Å². The highest BCUT2D eigenvalue weighted by Gasteiger charge is 2.14. The predicted molar refractivity (Wildman–Crippen MR) is 68.0 cm³/mol. The van der Waals surface area contributed by atoms with Gasteiger partial charge in [-0.25, -0.2) is 0 Å². The molecule has 2 rings (SSSR count). The van der Waals surface area contributed by atoms with Gasteiger partial charge in [0, 0.05) is 11.5 Å². The van der Waals surface area contributed by atoms with Gasteiger partial charge < -0.3 is 4.52 Å². The monoisotopic (exact) mass is 244 g/mol. The van der Waals surface area contributed by atoms with E-state index in [-0.39, 0.29) is 18.1 Å². The first-order valence-corrected chi connectivity index (χ1v) is 5.98. The van der Waals surface area contributed by atoms with Crippen LogP contribution in [-0.2, 0) is 11.2 Å². The topological polar surface area (TPSA) is 56.0 Å². The maximum absolute atomic E-state index is 11.6. The zero-order valence-corrected chi connectivity index (χ0v) is 10.8. The van der Waals surface area contributed by atoms with E-state index in [2.05, 4.69) is 10.1 Å². The molecule has 0 aliphatic rings. The number of aryl methyl sites for hydroxylation is 1. The molecular weight excluding hydrogens is 228 g/mol. The van der Waals surface area contributed by atoms with E-state index in [1.54, 1.807) is 0 Å². The third kappa shape index (κ3) is 2.83. The number of hydrogen-bond acceptors (Lipinski definition) is 4. The number of carbonyl (C=O) groups excluding carboxylic acids is 1. The average molecular weight is 244 g/mol. The fourth-order valence-corrected chi connectivity index (χ4v) is 1.58. The molecule has 0 saturated carbocycles. The lowest BCUT2D eigenvalue weighted by atomic mass is 10.1. The quantitative estimate of drug-likeness (QED) is 0.829. The highest BCUT2D eigenvalue weighted by molar-refractivity contribution is 5.81. The van der Waals surface area contributed by atoms with Gasteiger partial charge in [-0.1, -0.05) is 42.8 Å². The van der Waals surface area contributed by atoms with Gasteiger partial charge in [0.2, 0.25) is 11.7 Å². The molecule has 0 aliphatic heterocycles. The number of aromatic nitrogens is 2. The summed E-state index contributed by atoms with van der Waals surface area (Å²) in [7, 11) is 0. The van der Waals surface area contributed by atoms with E-state index >= 15 is 0 Å². The number of benzene rings is 1. The Balaban J connectivity index is 2.18. The SMILES string of the molecule is Cc1cccc(-c2noc(CC(=O)C(C)C)n2)c1. The average Bonchev–Trinajstić information content (AvgIpc) is 2.77. The molecule has 1 heterocycles. The maximum Gasteiger partial charge on any atom is 0.234 e. The maximum atomic E-state index is 11.6. The van der Waals surface area contributed by atoms with Crippen molar-refractivity contribution in [3.05, 3.63) is 35.7 Å². The van der Waals surface area contributed by atoms with Crippen LogP contribution in [0.4, 0.5) is 0 Å². The second-order valence-corrected chi connectivity index (χ2v) is 4.68. The first-order chi connectivity index (χ1) is 8.56. The van der Waals surface area contributed by atoms with Crippen molar-refractivity contribution in [1.82, 2.24) is 10.1 Å². The number of Topliss-reactive ketones (excluding diaryl/α,β-unsaturated/α-hetero) is 1. The predicted octanol–water partition coefficient (Wildman–Crippen LogP) is 2.81. The van der Waals surface area contributed by atoms with Crippen molar-refractivity contribution in [1.29, 1.82) is 0 Å². The van der Waals surface area contributed by atoms with Gasteiger partial charge in [-0.2, -0.15) is 4.98 Å². The third-order valence-corrected chi connectivity index (χ3v) is 2.71. The van der Waals surface area contributed by atoms with Crippen LogP contribution in [0.5, 0.6) is 0 Å². The van der Waals surface area contributed by atoms with Crippen LogP contribution in [0.25, 0.3) is 11.4 Å². The lowest BCUT2D eigenvalue weighted by Gasteiger charge is -1.98. The van der Waals surface area contributed by atoms with E-state index < -0.39 is 0 Å². The van der Waals surface area contributed by atoms with Crippen LogP contribution >= 0.6 is 0 Å². The van der Waals surface area contributed by atoms with Gasteiger partial charge in [0.25, 0.3) is 0 Å². The Bertz CT molecular complexity index is 558. The molecule has 4 heteroatoms. The zero-order valence-electron chi connectivity index (χ0n) is 10.8. The minimum absolute atomic E-state index is 0.0145. The van der Waals surface area contributed by atoms with Crippen LogP contribution in [0.3, 0.4) is 0 Å². The Morgan fingerprint density at radius 3 is 2.83 bits per heavy atom. The summed E-state index contributed by atoms with van der Waals surface area (Å²) in [5.74, 6) is 1.00. The summed E-state index contributed by atoms with van der Waals surface area (Å²) >= 11 is 0. The van der Waals surface area contributed by atoms with E-state index in [0.717, 1.165) is 11.1 Å². The van der Waals surface area contributed by atoms with Crippen LogP contribution in [-0.4, -0.2) is 15.9 Å². The summed E-state index contributed by atoms with van der Waals surface area (Å²) < 4.78 is 5.10. The molecule has 0 spiro atoms. The van der Waals surface area contributed by atoms with Gasteiger partial charge in [0.05, 0.1) is 6.42 Å². The second-order valence-electron chi connectivity index (χ2n) is 4.68. The van der Waals surface area contributed by atoms with Crippen LogP contribution in [0.2, 0.25) is 0 Å². The van der Waals surface area contributed by atoms with Crippen molar-refractivity contribution >= 4 is 5.78 Å². The van der Waals surface area contributed by atoms with Crippen LogP contribution in [0.1, 0.15) is 25.3 Å². The number of nitrogens with zero attached hydrogens (tertiary/aromatic N) is 2. The zero-order chi connectivity index (χ0) is 13.1. The van der Waals surface area contributed by atoms with Crippen molar-refractivity contribution in [2.24, 2.45) is 5.92 Å². The molecule has 0 atom stereocenters. The van der Waals surface area contributed by atoms with Crippen LogP contribution in [0, 0.1) is 12.8 Å². The molecule has 0 N–H and O–H groups in total. The molecule has 0 radical (unpaired) electrons. The Morgan fingerprint density at radius 2 is 2.17 bits per heavy atom. The molecule has 2 aromatic rings. The van der Waals surface area contributed by atoms with Crippen molar-refractivity contribution in [2.75, 3.05) is 0 Å². The molecule has 0 aliphatic carbocycles. The highest BCUT2D eigenvalue weighted by Crippen LogP contribution is 2.17. The molecular formula is C14H16N2O2. The van der Waals surface area contributed by atoms with Crippen molar-refractivity contribution in [3.63, 3.8) is 0 Å². The first-order valence-electron chi connectivity index (χ1n) is 5.98. The fraction of sp³-hybridized carbons (Fsp3) is 0.357. The number of rotatable bonds is 4. The second kappa shape index (κ2) is 5.12. The molecule has 18 heavy (non-hydrogen) atoms. The normalized spacial score (nSPS) is 10.9. The smallest absolute Gasteiger partial charge is 0.234 e. The van der Waals surface area contributed by atoms with Gasteiger partial charge in [0.15, 0.2) is 0 Å². The Labute approximate surface area is 106 Å². The highest BCUT2D eigenvalue weighted by atomic mass is 16.5. The summed E-state index contributed by atoms with van der Waals surface area (Å²) in [5, 5.41) is 3.90. The number of ketones is 1. The van der Waals surface area contributed by atoms with E-state index in [1.165, 1.54) is 0 Å². The first kappa shape index (κ1) is 12.5. The standard InChI is InChI=1S/C14H16N2O2/c1-9(2)12(17)8-13-15-14(16-18-13)11-6-4-5-10(3)7-11/h4-7,9H,8H2,1-3H3. The van der Waals surface area contributed by atoms with Crippen molar-refractivity contribution < 1.29 is 9.32 Å². The summed E-state index contributed by atoms with van der Waals surface area (Å²) in [5.41, 5.74) is 2.04. The molecule has 1 aromatic heterocycles. The summed E-state index contributed by atoms with van der Waals surface area (Å²) in [6, 6.07) is 7.86. The van der Waals surface area contributed by atoms with Crippen LogP contribution < -0.4 is 0 Å². The number of carbonyl (C=O) groups is 1. The molecule has 4 nitrogen and oxygen atoms in total. The Morgan fingerprint density at radius 1 is 1.39 bits per heavy atom. The minimum atomic E-state index is -0.0145. The van der Waals surface area contributed by atoms with Gasteiger partial charge in [0.1, 0.15) is 5.78 Å². The summed E-state index contributed by atoms with van der Waals surface area (Å²) in [6.07, 6.45) is 0.205. The molecule has 0 saturated heterocycles. The third-order valence-electron chi connectivity index (χ3n) is 2.71. The van der Waals surface area contributed by atoms with Gasteiger partial charge in [-0.3, -0.25) is 4.79 Å². The Kier molecular flexibility index (Phi) is 3.55. The largest absolute Gasteiger partial charge is 0.339 e. The number of hydrogen-bond donors (Lipinski definition) is 0. The van der Waals surface area contributed by atoms with E-state index in [1.807, 2.05) is 45.0 Å². The van der Waals surface area contributed by atoms with E-state index in [4.69, 9.17) is 4.52 Å². The van der Waals surface area contributed by atoms with Crippen molar-refractivity contribution in [3.8, 4) is 11.4 Å². The van der Waals surface area contributed by atoms with E-state index in [9.17, 15) is 4.79 Å². The lowest BCUT2D eigenvalue weighted by molar-refractivity contribution is -0.121. The van der Waals surface area contributed by atoms with Gasteiger partial charge in [-0.15, -0.1) is 0 Å². The lowest BCUT2D eigenvalue weighted by Crippen LogP contribution is -2.10. The van der Waals surface area contributed by atoms with Gasteiger partial charge >= 0.3 is 0 Å². The molecule has 0 fully saturated rings. The van der Waals surface area contributed by atoms with Crippen LogP contribution in [0.15, 0.2) is 28.8 Å². The summed E-state index contributed by atoms with van der Waals surface area (Å²) in [4.78, 5) is 15.8. The van der Waals surface area contributed by atoms with Gasteiger partial charge in [-0.05, 0) is 13.0 Å². The fourth-order valence-electron chi connectivity index (χ4n) is 1.58. The molecule has 0 bridgehead atoms. The molecule has 0 unspecified atom stereocenters. The Hall–Kier alpha value is -1.97. The van der Waals surface area contributed by atoms with E-state index in [0.29, 0.717) is 11.7 Å². The minimum Gasteiger partial charge on any atom is -0.339 e. The molecule has 0 amide bonds.